The molecule has 1 atom stereocenters. The van der Waals surface area contributed by atoms with Crippen molar-refractivity contribution < 1.29 is 9.21 Å². The predicted molar refractivity (Wildman–Crippen MR) is 92.7 cm³/mol. The van der Waals surface area contributed by atoms with Gasteiger partial charge in [0.25, 0.3) is 5.91 Å². The zero-order valence-corrected chi connectivity index (χ0v) is 13.5. The molecule has 5 nitrogen and oxygen atoms in total. The zero-order chi connectivity index (χ0) is 16.4. The SMILES string of the molecule is O=C(NC[C@@H]1CCN(Cc2ccco2)C1)c1c[nH]c2ccccc12. The molecule has 1 aliphatic heterocycles. The van der Waals surface area contributed by atoms with Crippen molar-refractivity contribution >= 4 is 16.8 Å². The first kappa shape index (κ1) is 15.0. The number of carbonyl (C=O) groups excluding carboxylic acids is 1. The van der Waals surface area contributed by atoms with E-state index in [9.17, 15) is 4.79 Å². The first-order valence-corrected chi connectivity index (χ1v) is 8.38. The molecule has 3 heterocycles. The third kappa shape index (κ3) is 3.08. The summed E-state index contributed by atoms with van der Waals surface area (Å²) in [4.78, 5) is 18.0. The maximum Gasteiger partial charge on any atom is 0.253 e. The largest absolute Gasteiger partial charge is 0.468 e. The lowest BCUT2D eigenvalue weighted by Crippen LogP contribution is -2.30. The Morgan fingerprint density at radius 1 is 1.29 bits per heavy atom. The molecule has 0 saturated carbocycles. The number of benzene rings is 1. The minimum atomic E-state index is -0.00284. The van der Waals surface area contributed by atoms with Crippen LogP contribution in [0.15, 0.2) is 53.3 Å². The minimum absolute atomic E-state index is 0.00284. The highest BCUT2D eigenvalue weighted by molar-refractivity contribution is 6.06. The van der Waals surface area contributed by atoms with Gasteiger partial charge in [-0.2, -0.15) is 0 Å². The number of carbonyl (C=O) groups is 1. The molecule has 0 aliphatic carbocycles. The van der Waals surface area contributed by atoms with E-state index in [2.05, 4.69) is 15.2 Å². The van der Waals surface area contributed by atoms with Gasteiger partial charge in [-0.1, -0.05) is 18.2 Å². The molecule has 2 aromatic heterocycles. The van der Waals surface area contributed by atoms with Gasteiger partial charge in [0.05, 0.1) is 18.4 Å². The number of amides is 1. The molecule has 1 saturated heterocycles. The van der Waals surface area contributed by atoms with Gasteiger partial charge in [0.2, 0.25) is 0 Å². The Morgan fingerprint density at radius 2 is 2.21 bits per heavy atom. The Kier molecular flexibility index (Phi) is 4.09. The van der Waals surface area contributed by atoms with Crippen LogP contribution < -0.4 is 5.32 Å². The van der Waals surface area contributed by atoms with Crippen molar-refractivity contribution in [3.8, 4) is 0 Å². The second kappa shape index (κ2) is 6.53. The summed E-state index contributed by atoms with van der Waals surface area (Å²) in [5.41, 5.74) is 1.71. The summed E-state index contributed by atoms with van der Waals surface area (Å²) < 4.78 is 5.40. The number of fused-ring (bicyclic) bond motifs is 1. The molecule has 1 fully saturated rings. The van der Waals surface area contributed by atoms with E-state index in [0.717, 1.165) is 48.3 Å². The number of H-pyrrole nitrogens is 1. The summed E-state index contributed by atoms with van der Waals surface area (Å²) in [5, 5.41) is 4.06. The minimum Gasteiger partial charge on any atom is -0.468 e. The van der Waals surface area contributed by atoms with E-state index >= 15 is 0 Å². The van der Waals surface area contributed by atoms with Crippen LogP contribution in [0.2, 0.25) is 0 Å². The van der Waals surface area contributed by atoms with E-state index in [1.807, 2.05) is 36.4 Å². The molecule has 0 bridgehead atoms. The zero-order valence-electron chi connectivity index (χ0n) is 13.5. The van der Waals surface area contributed by atoms with Gasteiger partial charge >= 0.3 is 0 Å². The van der Waals surface area contributed by atoms with Crippen molar-refractivity contribution in [1.29, 1.82) is 0 Å². The van der Waals surface area contributed by atoms with Gasteiger partial charge < -0.3 is 14.7 Å². The number of aromatic nitrogens is 1. The molecule has 5 heteroatoms. The molecule has 0 spiro atoms. The van der Waals surface area contributed by atoms with Crippen molar-refractivity contribution in [3.05, 3.63) is 60.2 Å². The molecule has 124 valence electrons. The number of nitrogens with zero attached hydrogens (tertiary/aromatic N) is 1. The Labute approximate surface area is 140 Å². The summed E-state index contributed by atoms with van der Waals surface area (Å²) >= 11 is 0. The van der Waals surface area contributed by atoms with Crippen LogP contribution in [-0.2, 0) is 6.54 Å². The predicted octanol–water partition coefficient (Wildman–Crippen LogP) is 3.01. The molecule has 3 aromatic rings. The van der Waals surface area contributed by atoms with E-state index in [-0.39, 0.29) is 5.91 Å². The average Bonchev–Trinajstić information content (AvgIpc) is 3.34. The Balaban J connectivity index is 1.31. The normalized spacial score (nSPS) is 18.2. The quantitative estimate of drug-likeness (QED) is 0.759. The van der Waals surface area contributed by atoms with Crippen molar-refractivity contribution in [3.63, 3.8) is 0 Å². The Hall–Kier alpha value is -2.53. The van der Waals surface area contributed by atoms with Crippen LogP contribution in [0.3, 0.4) is 0 Å². The molecule has 24 heavy (non-hydrogen) atoms. The third-order valence-corrected chi connectivity index (χ3v) is 4.71. The monoisotopic (exact) mass is 323 g/mol. The second-order valence-electron chi connectivity index (χ2n) is 6.43. The van der Waals surface area contributed by atoms with Crippen molar-refractivity contribution in [2.45, 2.75) is 13.0 Å². The molecule has 0 unspecified atom stereocenters. The van der Waals surface area contributed by atoms with Crippen LogP contribution in [0.4, 0.5) is 0 Å². The summed E-state index contributed by atoms with van der Waals surface area (Å²) in [6, 6.07) is 11.8. The van der Waals surface area contributed by atoms with Crippen LogP contribution in [-0.4, -0.2) is 35.4 Å². The number of likely N-dealkylation sites (tertiary alicyclic amines) is 1. The van der Waals surface area contributed by atoms with Gasteiger partial charge in [-0.05, 0) is 37.1 Å². The molecular weight excluding hydrogens is 302 g/mol. The number of aromatic amines is 1. The summed E-state index contributed by atoms with van der Waals surface area (Å²) in [5.74, 6) is 1.49. The fourth-order valence-corrected chi connectivity index (χ4v) is 3.44. The lowest BCUT2D eigenvalue weighted by Gasteiger charge is -2.14. The van der Waals surface area contributed by atoms with E-state index in [1.165, 1.54) is 0 Å². The van der Waals surface area contributed by atoms with Crippen LogP contribution in [0.25, 0.3) is 10.9 Å². The number of nitrogens with one attached hydrogen (secondary N) is 2. The van der Waals surface area contributed by atoms with E-state index in [0.29, 0.717) is 12.5 Å². The standard InChI is InChI=1S/C19H21N3O2/c23-19(17-11-20-18-6-2-1-5-16(17)18)21-10-14-7-8-22(12-14)13-15-4-3-9-24-15/h1-6,9,11,14,20H,7-8,10,12-13H2,(H,21,23)/t14-/m0/s1. The van der Waals surface area contributed by atoms with Gasteiger partial charge in [0.1, 0.15) is 5.76 Å². The Morgan fingerprint density at radius 3 is 3.08 bits per heavy atom. The lowest BCUT2D eigenvalue weighted by atomic mass is 10.1. The van der Waals surface area contributed by atoms with E-state index in [4.69, 9.17) is 4.42 Å². The van der Waals surface area contributed by atoms with Crippen LogP contribution >= 0.6 is 0 Å². The highest BCUT2D eigenvalue weighted by Gasteiger charge is 2.24. The Bertz CT molecular complexity index is 822. The fraction of sp³-hybridized carbons (Fsp3) is 0.316. The molecule has 2 N–H and O–H groups in total. The lowest BCUT2D eigenvalue weighted by molar-refractivity contribution is 0.0949. The van der Waals surface area contributed by atoms with Gasteiger partial charge in [0, 0.05) is 30.2 Å². The van der Waals surface area contributed by atoms with Crippen LogP contribution in [0.1, 0.15) is 22.5 Å². The van der Waals surface area contributed by atoms with Crippen LogP contribution in [0, 0.1) is 5.92 Å². The molecule has 4 rings (SSSR count). The molecule has 0 radical (unpaired) electrons. The maximum absolute atomic E-state index is 12.5. The highest BCUT2D eigenvalue weighted by atomic mass is 16.3. The van der Waals surface area contributed by atoms with Crippen molar-refractivity contribution in [1.82, 2.24) is 15.2 Å². The highest BCUT2D eigenvalue weighted by Crippen LogP contribution is 2.20. The first-order valence-electron chi connectivity index (χ1n) is 8.38. The van der Waals surface area contributed by atoms with Gasteiger partial charge in [-0.15, -0.1) is 0 Å². The third-order valence-electron chi connectivity index (χ3n) is 4.71. The molecule has 1 amide bonds. The molecule has 1 aromatic carbocycles. The van der Waals surface area contributed by atoms with Crippen molar-refractivity contribution in [2.24, 2.45) is 5.92 Å². The first-order chi connectivity index (χ1) is 11.8. The average molecular weight is 323 g/mol. The van der Waals surface area contributed by atoms with Gasteiger partial charge in [-0.25, -0.2) is 0 Å². The number of para-hydroxylation sites is 1. The summed E-state index contributed by atoms with van der Waals surface area (Å²) in [6.45, 7) is 3.61. The number of hydrogen-bond donors (Lipinski definition) is 2. The second-order valence-corrected chi connectivity index (χ2v) is 6.43. The van der Waals surface area contributed by atoms with Crippen LogP contribution in [0.5, 0.6) is 0 Å². The van der Waals surface area contributed by atoms with E-state index in [1.54, 1.807) is 12.5 Å². The van der Waals surface area contributed by atoms with Crippen molar-refractivity contribution in [2.75, 3.05) is 19.6 Å². The number of rotatable bonds is 5. The topological polar surface area (TPSA) is 61.3 Å². The summed E-state index contributed by atoms with van der Waals surface area (Å²) in [7, 11) is 0. The number of furan rings is 1. The molecule has 1 aliphatic rings. The maximum atomic E-state index is 12.5. The molecular formula is C19H21N3O2. The number of hydrogen-bond acceptors (Lipinski definition) is 3. The van der Waals surface area contributed by atoms with E-state index < -0.39 is 0 Å². The fourth-order valence-electron chi connectivity index (χ4n) is 3.44. The van der Waals surface area contributed by atoms with Gasteiger partial charge in [-0.3, -0.25) is 9.69 Å². The smallest absolute Gasteiger partial charge is 0.253 e. The van der Waals surface area contributed by atoms with Gasteiger partial charge in [0.15, 0.2) is 0 Å². The summed E-state index contributed by atoms with van der Waals surface area (Å²) in [6.07, 6.45) is 4.61.